The zero-order valence-corrected chi connectivity index (χ0v) is 9.98. The van der Waals surface area contributed by atoms with Gasteiger partial charge < -0.3 is 10.4 Å². The first-order chi connectivity index (χ1) is 7.62. The largest absolute Gasteiger partial charge is 0.396 e. The summed E-state index contributed by atoms with van der Waals surface area (Å²) in [6.45, 7) is 6.25. The quantitative estimate of drug-likeness (QED) is 0.740. The van der Waals surface area contributed by atoms with Gasteiger partial charge in [0.1, 0.15) is 0 Å². The molecule has 1 unspecified atom stereocenters. The maximum absolute atomic E-state index is 8.70. The smallest absolute Gasteiger partial charge is 0.0964 e. The van der Waals surface area contributed by atoms with Gasteiger partial charge in [0, 0.05) is 31.9 Å². The molecule has 1 fully saturated rings. The molecule has 5 heteroatoms. The lowest BCUT2D eigenvalue weighted by Crippen LogP contribution is -2.20. The second-order valence-electron chi connectivity index (χ2n) is 5.18. The van der Waals surface area contributed by atoms with E-state index in [9.17, 15) is 0 Å². The topological polar surface area (TPSA) is 63.0 Å². The molecule has 2 N–H and O–H groups in total. The third-order valence-electron chi connectivity index (χ3n) is 3.17. The third kappa shape index (κ3) is 2.80. The summed E-state index contributed by atoms with van der Waals surface area (Å²) >= 11 is 0. The summed E-state index contributed by atoms with van der Waals surface area (Å²) in [5, 5.41) is 20.3. The standard InChI is InChI=1S/C11H20N4O/c1-11(2)6-10(11)12-7-9-8-15(14-13-9)4-3-5-16/h8,10,12,16H,3-7H2,1-2H3. The molecule has 0 amide bonds. The summed E-state index contributed by atoms with van der Waals surface area (Å²) in [4.78, 5) is 0. The molecule has 0 aliphatic heterocycles. The molecule has 1 heterocycles. The van der Waals surface area contributed by atoms with Crippen LogP contribution in [-0.4, -0.2) is 32.7 Å². The van der Waals surface area contributed by atoms with Gasteiger partial charge in [0.05, 0.1) is 5.69 Å². The molecule has 1 aliphatic rings. The van der Waals surface area contributed by atoms with Crippen molar-refractivity contribution in [3.63, 3.8) is 0 Å². The molecule has 0 radical (unpaired) electrons. The van der Waals surface area contributed by atoms with Crippen LogP contribution in [0.3, 0.4) is 0 Å². The van der Waals surface area contributed by atoms with Crippen LogP contribution in [0.4, 0.5) is 0 Å². The van der Waals surface area contributed by atoms with Crippen molar-refractivity contribution in [1.29, 1.82) is 0 Å². The number of rotatable bonds is 6. The van der Waals surface area contributed by atoms with E-state index in [-0.39, 0.29) is 6.61 Å². The number of aliphatic hydroxyl groups excluding tert-OH is 1. The average Bonchev–Trinajstić information content (AvgIpc) is 2.67. The monoisotopic (exact) mass is 224 g/mol. The Morgan fingerprint density at radius 1 is 1.62 bits per heavy atom. The van der Waals surface area contributed by atoms with Crippen molar-refractivity contribution in [2.45, 2.75) is 45.8 Å². The predicted molar refractivity (Wildman–Crippen MR) is 60.8 cm³/mol. The number of hydrogen-bond acceptors (Lipinski definition) is 4. The fourth-order valence-electron chi connectivity index (χ4n) is 1.80. The second kappa shape index (κ2) is 4.51. The Hall–Kier alpha value is -0.940. The molecule has 1 aliphatic carbocycles. The molecule has 90 valence electrons. The van der Waals surface area contributed by atoms with Crippen LogP contribution in [0.5, 0.6) is 0 Å². The number of aryl methyl sites for hydroxylation is 1. The van der Waals surface area contributed by atoms with Crippen LogP contribution in [0.2, 0.25) is 0 Å². The summed E-state index contributed by atoms with van der Waals surface area (Å²) in [5.41, 5.74) is 1.42. The van der Waals surface area contributed by atoms with E-state index in [1.165, 1.54) is 6.42 Å². The molecule has 5 nitrogen and oxygen atoms in total. The van der Waals surface area contributed by atoms with Crippen molar-refractivity contribution in [3.8, 4) is 0 Å². The van der Waals surface area contributed by atoms with E-state index in [1.54, 1.807) is 4.68 Å². The fraction of sp³-hybridized carbons (Fsp3) is 0.818. The van der Waals surface area contributed by atoms with E-state index >= 15 is 0 Å². The van der Waals surface area contributed by atoms with Gasteiger partial charge in [0.15, 0.2) is 0 Å². The third-order valence-corrected chi connectivity index (χ3v) is 3.17. The number of nitrogens with one attached hydrogen (secondary N) is 1. The second-order valence-corrected chi connectivity index (χ2v) is 5.18. The summed E-state index contributed by atoms with van der Waals surface area (Å²) in [7, 11) is 0. The first-order valence-electron chi connectivity index (χ1n) is 5.85. The van der Waals surface area contributed by atoms with Crippen LogP contribution in [0.15, 0.2) is 6.20 Å². The molecule has 0 aromatic carbocycles. The number of aliphatic hydroxyl groups is 1. The highest BCUT2D eigenvalue weighted by molar-refractivity contribution is 5.03. The van der Waals surface area contributed by atoms with E-state index in [4.69, 9.17) is 5.11 Å². The predicted octanol–water partition coefficient (Wildman–Crippen LogP) is 0.549. The minimum absolute atomic E-state index is 0.198. The highest BCUT2D eigenvalue weighted by Crippen LogP contribution is 2.44. The van der Waals surface area contributed by atoms with Crippen molar-refractivity contribution < 1.29 is 5.11 Å². The van der Waals surface area contributed by atoms with Crippen molar-refractivity contribution >= 4 is 0 Å². The highest BCUT2D eigenvalue weighted by atomic mass is 16.3. The Labute approximate surface area is 95.8 Å². The van der Waals surface area contributed by atoms with Crippen LogP contribution in [-0.2, 0) is 13.1 Å². The summed E-state index contributed by atoms with van der Waals surface area (Å²) in [6.07, 6.45) is 3.91. The van der Waals surface area contributed by atoms with Gasteiger partial charge in [0.2, 0.25) is 0 Å². The molecule has 1 aromatic rings. The lowest BCUT2D eigenvalue weighted by molar-refractivity contribution is 0.276. The van der Waals surface area contributed by atoms with Gasteiger partial charge in [-0.3, -0.25) is 4.68 Å². The van der Waals surface area contributed by atoms with Crippen molar-refractivity contribution in [3.05, 3.63) is 11.9 Å². The van der Waals surface area contributed by atoms with Gasteiger partial charge in [-0.2, -0.15) is 0 Å². The van der Waals surface area contributed by atoms with Gasteiger partial charge in [0.25, 0.3) is 0 Å². The molecular formula is C11H20N4O. The van der Waals surface area contributed by atoms with Gasteiger partial charge in [-0.15, -0.1) is 5.10 Å². The lowest BCUT2D eigenvalue weighted by atomic mass is 10.2. The van der Waals surface area contributed by atoms with Crippen molar-refractivity contribution in [2.24, 2.45) is 5.41 Å². The van der Waals surface area contributed by atoms with Crippen LogP contribution in [0, 0.1) is 5.41 Å². The van der Waals surface area contributed by atoms with Crippen molar-refractivity contribution in [1.82, 2.24) is 20.3 Å². The van der Waals surface area contributed by atoms with Crippen molar-refractivity contribution in [2.75, 3.05) is 6.61 Å². The minimum Gasteiger partial charge on any atom is -0.396 e. The average molecular weight is 224 g/mol. The molecule has 0 bridgehead atoms. The maximum Gasteiger partial charge on any atom is 0.0964 e. The van der Waals surface area contributed by atoms with Gasteiger partial charge in [-0.05, 0) is 18.3 Å². The number of aromatic nitrogens is 3. The maximum atomic E-state index is 8.70. The van der Waals surface area contributed by atoms with E-state index in [0.717, 1.165) is 25.2 Å². The summed E-state index contributed by atoms with van der Waals surface area (Å²) in [6, 6.07) is 0.620. The molecule has 1 saturated carbocycles. The van der Waals surface area contributed by atoms with E-state index in [2.05, 4.69) is 29.5 Å². The lowest BCUT2D eigenvalue weighted by Gasteiger charge is -2.03. The van der Waals surface area contributed by atoms with Crippen LogP contribution in [0.1, 0.15) is 32.4 Å². The highest BCUT2D eigenvalue weighted by Gasteiger charge is 2.45. The normalized spacial score (nSPS) is 22.3. The first kappa shape index (κ1) is 11.5. The Balaban J connectivity index is 1.75. The van der Waals surface area contributed by atoms with Crippen LogP contribution in [0.25, 0.3) is 0 Å². The summed E-state index contributed by atoms with van der Waals surface area (Å²) < 4.78 is 1.78. The Morgan fingerprint density at radius 2 is 2.38 bits per heavy atom. The van der Waals surface area contributed by atoms with Crippen LogP contribution < -0.4 is 5.32 Å². The van der Waals surface area contributed by atoms with Gasteiger partial charge in [-0.25, -0.2) is 0 Å². The summed E-state index contributed by atoms with van der Waals surface area (Å²) in [5.74, 6) is 0. The van der Waals surface area contributed by atoms with Gasteiger partial charge >= 0.3 is 0 Å². The molecular weight excluding hydrogens is 204 g/mol. The molecule has 1 aromatic heterocycles. The fourth-order valence-corrected chi connectivity index (χ4v) is 1.80. The zero-order valence-electron chi connectivity index (χ0n) is 9.98. The Kier molecular flexibility index (Phi) is 3.25. The first-order valence-corrected chi connectivity index (χ1v) is 5.85. The van der Waals surface area contributed by atoms with E-state index < -0.39 is 0 Å². The molecule has 1 atom stereocenters. The zero-order chi connectivity index (χ0) is 11.6. The molecule has 0 spiro atoms. The molecule has 0 saturated heterocycles. The Bertz CT molecular complexity index is 348. The van der Waals surface area contributed by atoms with E-state index in [0.29, 0.717) is 11.5 Å². The van der Waals surface area contributed by atoms with Gasteiger partial charge in [-0.1, -0.05) is 19.1 Å². The number of hydrogen-bond donors (Lipinski definition) is 2. The SMILES string of the molecule is CC1(C)CC1NCc1cn(CCCO)nn1. The minimum atomic E-state index is 0.198. The molecule has 16 heavy (non-hydrogen) atoms. The van der Waals surface area contributed by atoms with E-state index in [1.807, 2.05) is 6.20 Å². The number of nitrogens with zero attached hydrogens (tertiary/aromatic N) is 3. The molecule has 2 rings (SSSR count). The Morgan fingerprint density at radius 3 is 3.00 bits per heavy atom. The van der Waals surface area contributed by atoms with Crippen LogP contribution >= 0.6 is 0 Å².